The topological polar surface area (TPSA) is 45.0 Å². The van der Waals surface area contributed by atoms with Crippen LogP contribution < -0.4 is 0 Å². The summed E-state index contributed by atoms with van der Waals surface area (Å²) < 4.78 is 0. The van der Waals surface area contributed by atoms with E-state index < -0.39 is 0 Å². The maximum absolute atomic E-state index is 9.70. The van der Waals surface area contributed by atoms with Crippen molar-refractivity contribution in [2.75, 3.05) is 0 Å². The standard InChI is InChI=1S/C26H34N2O/c1-7-21-15-13-19(4)26(21,6)22-14-12-18(3)24(16-22)27-20(5)25(28-29)23-11-9-8-10-17(23)2/h8-12,14,16,19,21,29H,7,13,15H2,1-6H3/b27-20?,28-25+. The molecule has 1 aliphatic carbocycles. The Labute approximate surface area is 175 Å². The van der Waals surface area contributed by atoms with Gasteiger partial charge >= 0.3 is 0 Å². The predicted molar refractivity (Wildman–Crippen MR) is 123 cm³/mol. The minimum Gasteiger partial charge on any atom is -0.410 e. The fraction of sp³-hybridized carbons (Fsp3) is 0.462. The predicted octanol–water partition coefficient (Wildman–Crippen LogP) is 6.99. The SMILES string of the molecule is CCC1CCC(C)C1(C)c1ccc(C)c(N=C(C)/C(=N\O)c2ccccc2C)c1. The molecule has 0 aliphatic heterocycles. The molecule has 1 N–H and O–H groups in total. The van der Waals surface area contributed by atoms with Gasteiger partial charge in [-0.25, -0.2) is 0 Å². The molecule has 1 saturated carbocycles. The Balaban J connectivity index is 2.03. The van der Waals surface area contributed by atoms with Crippen molar-refractivity contribution < 1.29 is 5.21 Å². The molecule has 0 bridgehead atoms. The van der Waals surface area contributed by atoms with E-state index in [1.165, 1.54) is 24.8 Å². The summed E-state index contributed by atoms with van der Waals surface area (Å²) in [6.45, 7) is 13.2. The fourth-order valence-corrected chi connectivity index (χ4v) is 5.06. The van der Waals surface area contributed by atoms with E-state index in [2.05, 4.69) is 51.0 Å². The third-order valence-electron chi connectivity index (χ3n) is 7.27. The summed E-state index contributed by atoms with van der Waals surface area (Å²) in [4.78, 5) is 4.91. The second-order valence-corrected chi connectivity index (χ2v) is 8.83. The highest BCUT2D eigenvalue weighted by atomic mass is 16.4. The highest BCUT2D eigenvalue weighted by Crippen LogP contribution is 2.51. The van der Waals surface area contributed by atoms with Gasteiger partial charge < -0.3 is 5.21 Å². The molecule has 0 amide bonds. The maximum Gasteiger partial charge on any atom is 0.131 e. The molecule has 2 aromatic rings. The van der Waals surface area contributed by atoms with E-state index in [-0.39, 0.29) is 5.41 Å². The van der Waals surface area contributed by atoms with Crippen LogP contribution in [-0.2, 0) is 5.41 Å². The molecular formula is C26H34N2O. The van der Waals surface area contributed by atoms with E-state index in [4.69, 9.17) is 4.99 Å². The lowest BCUT2D eigenvalue weighted by Crippen LogP contribution is -2.32. The first-order valence-electron chi connectivity index (χ1n) is 10.8. The van der Waals surface area contributed by atoms with Crippen molar-refractivity contribution in [1.82, 2.24) is 0 Å². The quantitative estimate of drug-likeness (QED) is 0.334. The van der Waals surface area contributed by atoms with Crippen LogP contribution in [0.5, 0.6) is 0 Å². The van der Waals surface area contributed by atoms with Crippen molar-refractivity contribution in [2.24, 2.45) is 22.0 Å². The molecule has 1 aliphatic rings. The van der Waals surface area contributed by atoms with Crippen molar-refractivity contribution in [2.45, 2.75) is 66.2 Å². The average molecular weight is 391 g/mol. The summed E-state index contributed by atoms with van der Waals surface area (Å²) in [5.41, 5.74) is 6.89. The third-order valence-corrected chi connectivity index (χ3v) is 7.27. The van der Waals surface area contributed by atoms with Crippen LogP contribution in [0.4, 0.5) is 5.69 Å². The summed E-state index contributed by atoms with van der Waals surface area (Å²) in [6, 6.07) is 14.7. The molecule has 3 rings (SSSR count). The van der Waals surface area contributed by atoms with Gasteiger partial charge in [-0.3, -0.25) is 4.99 Å². The van der Waals surface area contributed by atoms with Gasteiger partial charge in [0.05, 0.1) is 11.4 Å². The summed E-state index contributed by atoms with van der Waals surface area (Å²) in [5, 5.41) is 13.3. The second kappa shape index (κ2) is 8.52. The van der Waals surface area contributed by atoms with E-state index in [9.17, 15) is 5.21 Å². The number of hydrogen-bond donors (Lipinski definition) is 1. The lowest BCUT2D eigenvalue weighted by atomic mass is 9.68. The molecule has 0 saturated heterocycles. The third kappa shape index (κ3) is 3.88. The van der Waals surface area contributed by atoms with Crippen molar-refractivity contribution >= 4 is 17.1 Å². The van der Waals surface area contributed by atoms with Crippen LogP contribution in [0.15, 0.2) is 52.6 Å². The van der Waals surface area contributed by atoms with Crippen molar-refractivity contribution in [3.63, 3.8) is 0 Å². The van der Waals surface area contributed by atoms with Gasteiger partial charge in [-0.15, -0.1) is 0 Å². The van der Waals surface area contributed by atoms with Crippen LogP contribution >= 0.6 is 0 Å². The number of hydrogen-bond acceptors (Lipinski definition) is 3. The van der Waals surface area contributed by atoms with Crippen LogP contribution in [0.2, 0.25) is 0 Å². The molecule has 29 heavy (non-hydrogen) atoms. The lowest BCUT2D eigenvalue weighted by Gasteiger charge is -2.36. The molecule has 3 unspecified atom stereocenters. The first-order chi connectivity index (χ1) is 13.8. The van der Waals surface area contributed by atoms with E-state index in [0.717, 1.165) is 28.1 Å². The highest BCUT2D eigenvalue weighted by molar-refractivity contribution is 6.48. The van der Waals surface area contributed by atoms with Gasteiger partial charge in [-0.05, 0) is 73.6 Å². The zero-order chi connectivity index (χ0) is 21.2. The molecule has 1 fully saturated rings. The van der Waals surface area contributed by atoms with E-state index in [1.54, 1.807) is 0 Å². The Morgan fingerprint density at radius 2 is 1.83 bits per heavy atom. The van der Waals surface area contributed by atoms with Crippen molar-refractivity contribution in [1.29, 1.82) is 0 Å². The number of benzene rings is 2. The molecule has 3 atom stereocenters. The summed E-state index contributed by atoms with van der Waals surface area (Å²) in [6.07, 6.45) is 3.80. The number of aliphatic imine (C=N–C) groups is 1. The zero-order valence-electron chi connectivity index (χ0n) is 18.7. The van der Waals surface area contributed by atoms with Crippen LogP contribution in [0.3, 0.4) is 0 Å². The second-order valence-electron chi connectivity index (χ2n) is 8.83. The van der Waals surface area contributed by atoms with E-state index in [0.29, 0.717) is 17.5 Å². The zero-order valence-corrected chi connectivity index (χ0v) is 18.7. The van der Waals surface area contributed by atoms with Crippen LogP contribution in [0.1, 0.15) is 69.2 Å². The van der Waals surface area contributed by atoms with Gasteiger partial charge in [-0.1, -0.05) is 68.7 Å². The number of rotatable bonds is 5. The smallest absolute Gasteiger partial charge is 0.131 e. The molecule has 0 heterocycles. The monoisotopic (exact) mass is 390 g/mol. The normalized spacial score (nSPS) is 25.4. The molecule has 154 valence electrons. The Bertz CT molecular complexity index is 943. The number of aryl methyl sites for hydroxylation is 2. The van der Waals surface area contributed by atoms with Gasteiger partial charge in [0.2, 0.25) is 0 Å². The lowest BCUT2D eigenvalue weighted by molar-refractivity contribution is 0.275. The van der Waals surface area contributed by atoms with Gasteiger partial charge in [0.25, 0.3) is 0 Å². The Morgan fingerprint density at radius 1 is 1.10 bits per heavy atom. The van der Waals surface area contributed by atoms with Gasteiger partial charge in [0.15, 0.2) is 0 Å². The molecule has 3 heteroatoms. The van der Waals surface area contributed by atoms with E-state index >= 15 is 0 Å². The van der Waals surface area contributed by atoms with E-state index in [1.807, 2.05) is 38.1 Å². The van der Waals surface area contributed by atoms with Crippen LogP contribution in [-0.4, -0.2) is 16.6 Å². The van der Waals surface area contributed by atoms with Gasteiger partial charge in [0, 0.05) is 5.56 Å². The van der Waals surface area contributed by atoms with Gasteiger partial charge in [0.1, 0.15) is 5.71 Å². The molecule has 0 radical (unpaired) electrons. The first-order valence-corrected chi connectivity index (χ1v) is 10.8. The minimum atomic E-state index is 0.185. The Morgan fingerprint density at radius 3 is 2.48 bits per heavy atom. The summed E-state index contributed by atoms with van der Waals surface area (Å²) >= 11 is 0. The molecule has 3 nitrogen and oxygen atoms in total. The summed E-state index contributed by atoms with van der Waals surface area (Å²) in [5.74, 6) is 1.37. The Kier molecular flexibility index (Phi) is 6.26. The molecule has 2 aromatic carbocycles. The van der Waals surface area contributed by atoms with Crippen molar-refractivity contribution in [3.05, 3.63) is 64.7 Å². The van der Waals surface area contributed by atoms with Crippen LogP contribution in [0.25, 0.3) is 0 Å². The van der Waals surface area contributed by atoms with Crippen LogP contribution in [0, 0.1) is 25.7 Å². The summed E-state index contributed by atoms with van der Waals surface area (Å²) in [7, 11) is 0. The maximum atomic E-state index is 9.70. The highest BCUT2D eigenvalue weighted by Gasteiger charge is 2.44. The molecule has 0 aromatic heterocycles. The first kappa shape index (κ1) is 21.3. The molecule has 0 spiro atoms. The molecular weight excluding hydrogens is 356 g/mol. The van der Waals surface area contributed by atoms with Gasteiger partial charge in [-0.2, -0.15) is 0 Å². The Hall–Kier alpha value is -2.42. The minimum absolute atomic E-state index is 0.185. The average Bonchev–Trinajstić information content (AvgIpc) is 3.00. The van der Waals surface area contributed by atoms with Crippen molar-refractivity contribution in [3.8, 4) is 0 Å². The number of oxime groups is 1. The largest absolute Gasteiger partial charge is 0.410 e. The number of nitrogens with zero attached hydrogens (tertiary/aromatic N) is 2. The fourth-order valence-electron chi connectivity index (χ4n) is 5.06.